The maximum absolute atomic E-state index is 11.5. The van der Waals surface area contributed by atoms with Gasteiger partial charge in [0.15, 0.2) is 0 Å². The summed E-state index contributed by atoms with van der Waals surface area (Å²) in [5, 5.41) is 12.1. The number of carboxylic acids is 1. The number of pyridine rings is 1. The number of nitrogens with two attached hydrogens (primary N) is 1. The summed E-state index contributed by atoms with van der Waals surface area (Å²) in [4.78, 5) is 17.1. The second-order valence-corrected chi connectivity index (χ2v) is 7.61. The average molecular weight is 369 g/mol. The number of hydrogen-bond donors (Lipinski definition) is 2. The van der Waals surface area contributed by atoms with Crippen LogP contribution in [0.5, 0.6) is 0 Å². The SMILES string of the molecule is Cc1c(-c2cccs2)nc2ccccc2c1C(=O)O.NC1CCCCC1. The number of carbonyl (C=O) groups is 1. The van der Waals surface area contributed by atoms with Crippen molar-refractivity contribution in [3.63, 3.8) is 0 Å². The zero-order valence-corrected chi connectivity index (χ0v) is 15.8. The topological polar surface area (TPSA) is 76.2 Å². The molecule has 0 amide bonds. The molecule has 2 aromatic heterocycles. The summed E-state index contributed by atoms with van der Waals surface area (Å²) in [6.45, 7) is 1.82. The van der Waals surface area contributed by atoms with Crippen LogP contribution in [0.1, 0.15) is 48.0 Å². The third kappa shape index (κ3) is 4.11. The highest BCUT2D eigenvalue weighted by Crippen LogP contribution is 2.31. The fourth-order valence-electron chi connectivity index (χ4n) is 3.37. The first-order valence-electron chi connectivity index (χ1n) is 9.00. The Labute approximate surface area is 157 Å². The fourth-order valence-corrected chi connectivity index (χ4v) is 4.14. The molecule has 0 saturated heterocycles. The first-order chi connectivity index (χ1) is 12.6. The van der Waals surface area contributed by atoms with Crippen LogP contribution in [-0.4, -0.2) is 22.1 Å². The van der Waals surface area contributed by atoms with Crippen molar-refractivity contribution in [1.82, 2.24) is 4.98 Å². The largest absolute Gasteiger partial charge is 0.478 e. The predicted octanol–water partition coefficient (Wildman–Crippen LogP) is 5.25. The highest BCUT2D eigenvalue weighted by molar-refractivity contribution is 7.13. The van der Waals surface area contributed by atoms with Crippen molar-refractivity contribution in [2.75, 3.05) is 0 Å². The van der Waals surface area contributed by atoms with E-state index in [1.54, 1.807) is 17.4 Å². The molecular weight excluding hydrogens is 344 g/mol. The molecule has 0 spiro atoms. The number of para-hydroxylation sites is 1. The molecule has 1 aliphatic rings. The molecule has 0 aliphatic heterocycles. The number of rotatable bonds is 2. The standard InChI is InChI=1S/C15H11NO2S.C6H13N/c1-9-13(15(17)18)10-5-2-3-6-11(10)16-14(9)12-7-4-8-19-12;7-6-4-2-1-3-5-6/h2-8H,1H3,(H,17,18);6H,1-5,7H2. The zero-order valence-electron chi connectivity index (χ0n) is 14.9. The smallest absolute Gasteiger partial charge is 0.336 e. The molecule has 1 saturated carbocycles. The lowest BCUT2D eigenvalue weighted by atomic mass is 9.97. The normalized spacial score (nSPS) is 14.7. The Bertz CT molecular complexity index is 884. The van der Waals surface area contributed by atoms with Gasteiger partial charge in [-0.2, -0.15) is 0 Å². The molecular formula is C21H24N2O2S. The van der Waals surface area contributed by atoms with Crippen molar-refractivity contribution in [1.29, 1.82) is 0 Å². The molecule has 0 unspecified atom stereocenters. The van der Waals surface area contributed by atoms with Crippen LogP contribution in [0.3, 0.4) is 0 Å². The summed E-state index contributed by atoms with van der Waals surface area (Å²) in [6.07, 6.45) is 6.66. The van der Waals surface area contributed by atoms with Gasteiger partial charge < -0.3 is 10.8 Å². The van der Waals surface area contributed by atoms with Crippen molar-refractivity contribution in [3.05, 3.63) is 52.9 Å². The third-order valence-corrected chi connectivity index (χ3v) is 5.63. The monoisotopic (exact) mass is 368 g/mol. The molecule has 1 aliphatic carbocycles. The van der Waals surface area contributed by atoms with Gasteiger partial charge >= 0.3 is 5.97 Å². The molecule has 5 heteroatoms. The van der Waals surface area contributed by atoms with Crippen LogP contribution in [0.2, 0.25) is 0 Å². The zero-order chi connectivity index (χ0) is 18.5. The first kappa shape index (κ1) is 18.5. The molecule has 0 atom stereocenters. The Morgan fingerprint density at radius 2 is 1.88 bits per heavy atom. The van der Waals surface area contributed by atoms with E-state index in [1.807, 2.05) is 42.6 Å². The lowest BCUT2D eigenvalue weighted by Gasteiger charge is -2.15. The fraction of sp³-hybridized carbons (Fsp3) is 0.333. The van der Waals surface area contributed by atoms with Gasteiger partial charge in [-0.15, -0.1) is 11.3 Å². The Kier molecular flexibility index (Phi) is 6.01. The number of aromatic carboxylic acids is 1. The maximum atomic E-state index is 11.5. The molecule has 136 valence electrons. The van der Waals surface area contributed by atoms with Crippen LogP contribution in [0.4, 0.5) is 0 Å². The highest BCUT2D eigenvalue weighted by Gasteiger charge is 2.18. The quantitative estimate of drug-likeness (QED) is 0.648. The van der Waals surface area contributed by atoms with Gasteiger partial charge in [0.2, 0.25) is 0 Å². The summed E-state index contributed by atoms with van der Waals surface area (Å²) in [6, 6.07) is 11.8. The predicted molar refractivity (Wildman–Crippen MR) is 108 cm³/mol. The minimum absolute atomic E-state index is 0.342. The minimum Gasteiger partial charge on any atom is -0.478 e. The molecule has 3 aromatic rings. The number of thiophene rings is 1. The molecule has 0 bridgehead atoms. The molecule has 26 heavy (non-hydrogen) atoms. The Hall–Kier alpha value is -2.24. The molecule has 4 rings (SSSR count). The second kappa shape index (κ2) is 8.43. The van der Waals surface area contributed by atoms with E-state index < -0.39 is 5.97 Å². The lowest BCUT2D eigenvalue weighted by Crippen LogP contribution is -2.22. The summed E-state index contributed by atoms with van der Waals surface area (Å²) in [5.41, 5.74) is 8.16. The molecule has 1 fully saturated rings. The maximum Gasteiger partial charge on any atom is 0.336 e. The van der Waals surface area contributed by atoms with Crippen LogP contribution in [-0.2, 0) is 0 Å². The van der Waals surface area contributed by atoms with Crippen molar-refractivity contribution in [2.24, 2.45) is 5.73 Å². The van der Waals surface area contributed by atoms with Crippen molar-refractivity contribution in [2.45, 2.75) is 45.1 Å². The Morgan fingerprint density at radius 3 is 2.46 bits per heavy atom. The minimum atomic E-state index is -0.908. The van der Waals surface area contributed by atoms with E-state index >= 15 is 0 Å². The van der Waals surface area contributed by atoms with Crippen molar-refractivity contribution in [3.8, 4) is 10.6 Å². The van der Waals surface area contributed by atoms with E-state index in [-0.39, 0.29) is 0 Å². The van der Waals surface area contributed by atoms with E-state index in [1.165, 1.54) is 32.1 Å². The molecule has 0 radical (unpaired) electrons. The van der Waals surface area contributed by atoms with Crippen LogP contribution in [0, 0.1) is 6.92 Å². The third-order valence-electron chi connectivity index (χ3n) is 4.75. The van der Waals surface area contributed by atoms with E-state index in [9.17, 15) is 9.90 Å². The van der Waals surface area contributed by atoms with Gasteiger partial charge in [-0.05, 0) is 42.8 Å². The summed E-state index contributed by atoms with van der Waals surface area (Å²) in [7, 11) is 0. The van der Waals surface area contributed by atoms with Gasteiger partial charge in [-0.1, -0.05) is 43.5 Å². The van der Waals surface area contributed by atoms with E-state index in [0.717, 1.165) is 10.6 Å². The second-order valence-electron chi connectivity index (χ2n) is 6.66. The number of carboxylic acid groups (broad SMARTS) is 1. The van der Waals surface area contributed by atoms with Crippen LogP contribution in [0.15, 0.2) is 41.8 Å². The van der Waals surface area contributed by atoms with Crippen LogP contribution in [0.25, 0.3) is 21.5 Å². The van der Waals surface area contributed by atoms with E-state index in [2.05, 4.69) is 4.98 Å². The van der Waals surface area contributed by atoms with Gasteiger partial charge in [0.1, 0.15) is 0 Å². The Balaban J connectivity index is 0.000000236. The van der Waals surface area contributed by atoms with Gasteiger partial charge in [0.05, 0.1) is 21.7 Å². The van der Waals surface area contributed by atoms with Crippen LogP contribution >= 0.6 is 11.3 Å². The van der Waals surface area contributed by atoms with Gasteiger partial charge in [0, 0.05) is 11.4 Å². The van der Waals surface area contributed by atoms with Gasteiger partial charge in [0.25, 0.3) is 0 Å². The lowest BCUT2D eigenvalue weighted by molar-refractivity contribution is 0.0698. The summed E-state index contributed by atoms with van der Waals surface area (Å²) >= 11 is 1.56. The Morgan fingerprint density at radius 1 is 1.15 bits per heavy atom. The number of fused-ring (bicyclic) bond motifs is 1. The van der Waals surface area contributed by atoms with E-state index in [4.69, 9.17) is 5.73 Å². The number of nitrogens with zero attached hydrogens (tertiary/aromatic N) is 1. The molecule has 4 nitrogen and oxygen atoms in total. The first-order valence-corrected chi connectivity index (χ1v) is 9.88. The number of aromatic nitrogens is 1. The summed E-state index contributed by atoms with van der Waals surface area (Å²) in [5.74, 6) is -0.908. The molecule has 3 N–H and O–H groups in total. The van der Waals surface area contributed by atoms with Crippen LogP contribution < -0.4 is 5.73 Å². The van der Waals surface area contributed by atoms with Gasteiger partial charge in [-0.25, -0.2) is 9.78 Å². The van der Waals surface area contributed by atoms with Crippen molar-refractivity contribution >= 4 is 28.2 Å². The summed E-state index contributed by atoms with van der Waals surface area (Å²) < 4.78 is 0. The van der Waals surface area contributed by atoms with Gasteiger partial charge in [-0.3, -0.25) is 0 Å². The van der Waals surface area contributed by atoms with E-state index in [0.29, 0.717) is 28.1 Å². The number of hydrogen-bond acceptors (Lipinski definition) is 4. The number of benzene rings is 1. The molecule has 1 aromatic carbocycles. The highest BCUT2D eigenvalue weighted by atomic mass is 32.1. The average Bonchev–Trinajstić information content (AvgIpc) is 3.16. The molecule has 2 heterocycles. The van der Waals surface area contributed by atoms with Crippen molar-refractivity contribution < 1.29 is 9.90 Å².